The molecule has 1 aromatic carbocycles. The molecule has 2 aliphatic heterocycles. The van der Waals surface area contributed by atoms with Crippen LogP contribution in [-0.4, -0.2) is 15.0 Å². The van der Waals surface area contributed by atoms with E-state index in [-0.39, 0.29) is 0 Å². The number of thiophene rings is 1. The van der Waals surface area contributed by atoms with Crippen LogP contribution in [0.25, 0.3) is 33.9 Å². The fraction of sp³-hybridized carbons (Fsp3) is 0.0588. The molecule has 0 unspecified atom stereocenters. The van der Waals surface area contributed by atoms with Gasteiger partial charge < -0.3 is 4.98 Å². The van der Waals surface area contributed by atoms with Gasteiger partial charge in [0.25, 0.3) is 0 Å². The van der Waals surface area contributed by atoms with Crippen molar-refractivity contribution in [1.82, 2.24) is 15.0 Å². The molecule has 2 aliphatic rings. The summed E-state index contributed by atoms with van der Waals surface area (Å²) in [5.41, 5.74) is 6.13. The highest BCUT2D eigenvalue weighted by molar-refractivity contribution is 7.08. The van der Waals surface area contributed by atoms with Gasteiger partial charge in [-0.2, -0.15) is 11.3 Å². The van der Waals surface area contributed by atoms with E-state index in [1.807, 2.05) is 25.1 Å². The van der Waals surface area contributed by atoms with E-state index in [1.165, 1.54) is 0 Å². The molecule has 4 heteroatoms. The number of aromatic nitrogens is 3. The monoisotopic (exact) mass is 291 g/mol. The van der Waals surface area contributed by atoms with Crippen LogP contribution in [0.4, 0.5) is 0 Å². The van der Waals surface area contributed by atoms with Crippen LogP contribution in [0.3, 0.4) is 0 Å². The molecule has 3 heterocycles. The van der Waals surface area contributed by atoms with Crippen molar-refractivity contribution in [3.05, 3.63) is 59.0 Å². The summed E-state index contributed by atoms with van der Waals surface area (Å²) in [4.78, 5) is 12.7. The van der Waals surface area contributed by atoms with Gasteiger partial charge in [-0.1, -0.05) is 30.3 Å². The third-order valence-corrected chi connectivity index (χ3v) is 4.14. The zero-order chi connectivity index (χ0) is 14.2. The minimum atomic E-state index is 0.899. The summed E-state index contributed by atoms with van der Waals surface area (Å²) in [6, 6.07) is 14.4. The normalized spacial score (nSPS) is 11.1. The molecule has 0 fully saturated rings. The molecule has 0 atom stereocenters. The van der Waals surface area contributed by atoms with Gasteiger partial charge in [-0.15, -0.1) is 0 Å². The predicted octanol–water partition coefficient (Wildman–Crippen LogP) is 4.61. The smallest absolute Gasteiger partial charge is 0.114 e. The molecule has 4 rings (SSSR count). The van der Waals surface area contributed by atoms with Crippen molar-refractivity contribution in [1.29, 1.82) is 0 Å². The molecule has 0 saturated carbocycles. The van der Waals surface area contributed by atoms with Crippen LogP contribution in [-0.2, 0) is 0 Å². The van der Waals surface area contributed by atoms with E-state index in [0.717, 1.165) is 39.7 Å². The van der Waals surface area contributed by atoms with E-state index in [4.69, 9.17) is 4.98 Å². The quantitative estimate of drug-likeness (QED) is 0.586. The molecule has 3 nitrogen and oxygen atoms in total. The lowest BCUT2D eigenvalue weighted by atomic mass is 10.1. The molecule has 21 heavy (non-hydrogen) atoms. The lowest BCUT2D eigenvalue weighted by Crippen LogP contribution is -1.96. The average molecular weight is 291 g/mol. The Morgan fingerprint density at radius 2 is 1.81 bits per heavy atom. The Morgan fingerprint density at radius 1 is 0.952 bits per heavy atom. The lowest BCUT2D eigenvalue weighted by molar-refractivity contribution is 1.06. The number of aromatic amines is 1. The van der Waals surface area contributed by atoms with E-state index >= 15 is 0 Å². The summed E-state index contributed by atoms with van der Waals surface area (Å²) in [6.07, 6.45) is 0. The van der Waals surface area contributed by atoms with Crippen molar-refractivity contribution >= 4 is 11.3 Å². The van der Waals surface area contributed by atoms with Crippen molar-refractivity contribution < 1.29 is 0 Å². The van der Waals surface area contributed by atoms with E-state index in [1.54, 1.807) is 11.3 Å². The van der Waals surface area contributed by atoms with E-state index in [0.29, 0.717) is 0 Å². The van der Waals surface area contributed by atoms with Gasteiger partial charge in [-0.05, 0) is 24.4 Å². The Kier molecular flexibility index (Phi) is 2.82. The molecule has 0 bridgehead atoms. The Balaban J connectivity index is 1.95. The first-order valence-electron chi connectivity index (χ1n) is 6.76. The first kappa shape index (κ1) is 12.3. The number of fused-ring (bicyclic) bond motifs is 1. The Bertz CT molecular complexity index is 847. The van der Waals surface area contributed by atoms with Gasteiger partial charge in [-0.25, -0.2) is 9.97 Å². The van der Waals surface area contributed by atoms with Crippen molar-refractivity contribution in [3.8, 4) is 33.9 Å². The summed E-state index contributed by atoms with van der Waals surface area (Å²) in [6.45, 7) is 1.98. The molecule has 1 aromatic heterocycles. The van der Waals surface area contributed by atoms with Gasteiger partial charge in [0.2, 0.25) is 0 Å². The Morgan fingerprint density at radius 3 is 2.57 bits per heavy atom. The fourth-order valence-electron chi connectivity index (χ4n) is 2.49. The molecule has 2 aromatic rings. The highest BCUT2D eigenvalue weighted by Crippen LogP contribution is 2.34. The molecular formula is C17H13N3S. The lowest BCUT2D eigenvalue weighted by Gasteiger charge is -2.06. The van der Waals surface area contributed by atoms with E-state index in [9.17, 15) is 0 Å². The van der Waals surface area contributed by atoms with Crippen molar-refractivity contribution in [2.75, 3.05) is 0 Å². The largest absolute Gasteiger partial charge is 0.342 e. The zero-order valence-electron chi connectivity index (χ0n) is 11.5. The summed E-state index contributed by atoms with van der Waals surface area (Å²) in [7, 11) is 0. The molecule has 0 saturated heterocycles. The third-order valence-electron chi connectivity index (χ3n) is 3.45. The van der Waals surface area contributed by atoms with Crippen LogP contribution in [0, 0.1) is 6.92 Å². The number of rotatable bonds is 2. The summed E-state index contributed by atoms with van der Waals surface area (Å²) < 4.78 is 0. The minimum Gasteiger partial charge on any atom is -0.342 e. The molecule has 1 N–H and O–H groups in total. The minimum absolute atomic E-state index is 0.899. The molecule has 0 radical (unpaired) electrons. The van der Waals surface area contributed by atoms with Crippen LogP contribution in [0.1, 0.15) is 5.82 Å². The maximum Gasteiger partial charge on any atom is 0.114 e. The van der Waals surface area contributed by atoms with Gasteiger partial charge in [-0.3, -0.25) is 0 Å². The number of hydrogen-bond acceptors (Lipinski definition) is 3. The molecule has 0 amide bonds. The Hall–Kier alpha value is -2.46. The molecular weight excluding hydrogens is 278 g/mol. The number of aryl methyl sites for hydroxylation is 1. The fourth-order valence-corrected chi connectivity index (χ4v) is 3.14. The van der Waals surface area contributed by atoms with Gasteiger partial charge >= 0.3 is 0 Å². The Labute approximate surface area is 126 Å². The van der Waals surface area contributed by atoms with Crippen LogP contribution >= 0.6 is 11.3 Å². The van der Waals surface area contributed by atoms with Crippen LogP contribution in [0.2, 0.25) is 0 Å². The molecule has 102 valence electrons. The first-order valence-corrected chi connectivity index (χ1v) is 7.71. The maximum absolute atomic E-state index is 4.79. The topological polar surface area (TPSA) is 41.6 Å². The van der Waals surface area contributed by atoms with E-state index < -0.39 is 0 Å². The SMILES string of the molecule is Cc1nc(-c2ccsc2)c2nc(-c3ccccc3)cc-2[nH]1. The second kappa shape index (κ2) is 4.82. The average Bonchev–Trinajstić information content (AvgIpc) is 3.16. The van der Waals surface area contributed by atoms with Crippen LogP contribution in [0.15, 0.2) is 53.2 Å². The number of benzene rings is 1. The number of nitrogens with one attached hydrogen (secondary N) is 1. The van der Waals surface area contributed by atoms with Gasteiger partial charge in [0.15, 0.2) is 0 Å². The first-order chi connectivity index (χ1) is 10.3. The summed E-state index contributed by atoms with van der Waals surface area (Å²) in [5, 5.41) is 4.17. The second-order valence-corrected chi connectivity index (χ2v) is 5.73. The third kappa shape index (κ3) is 2.14. The predicted molar refractivity (Wildman–Crippen MR) is 86.5 cm³/mol. The summed E-state index contributed by atoms with van der Waals surface area (Å²) >= 11 is 1.67. The van der Waals surface area contributed by atoms with Crippen molar-refractivity contribution in [2.45, 2.75) is 6.92 Å². The van der Waals surface area contributed by atoms with Gasteiger partial charge in [0, 0.05) is 16.5 Å². The van der Waals surface area contributed by atoms with Gasteiger partial charge in [0.1, 0.15) is 17.2 Å². The van der Waals surface area contributed by atoms with Crippen LogP contribution < -0.4 is 0 Å². The molecule has 0 spiro atoms. The highest BCUT2D eigenvalue weighted by Gasteiger charge is 2.18. The van der Waals surface area contributed by atoms with Crippen molar-refractivity contribution in [3.63, 3.8) is 0 Å². The molecule has 0 aliphatic carbocycles. The summed E-state index contributed by atoms with van der Waals surface area (Å²) in [5.74, 6) is 0.899. The number of H-pyrrole nitrogens is 1. The van der Waals surface area contributed by atoms with Gasteiger partial charge in [0.05, 0.1) is 11.4 Å². The highest BCUT2D eigenvalue weighted by atomic mass is 32.1. The van der Waals surface area contributed by atoms with E-state index in [2.05, 4.69) is 45.0 Å². The van der Waals surface area contributed by atoms with Crippen LogP contribution in [0.5, 0.6) is 0 Å². The second-order valence-electron chi connectivity index (χ2n) is 4.95. The standard InChI is InChI=1S/C17H13N3S/c1-11-18-15-9-14(12-5-3-2-4-6-12)20-17(15)16(19-11)13-7-8-21-10-13/h2-10H,1H3,(H,18,19). The van der Waals surface area contributed by atoms with Crippen molar-refractivity contribution in [2.24, 2.45) is 0 Å². The number of hydrogen-bond donors (Lipinski definition) is 1. The maximum atomic E-state index is 4.79. The number of nitrogens with zero attached hydrogens (tertiary/aromatic N) is 2. The zero-order valence-corrected chi connectivity index (χ0v) is 12.3.